The molecule has 1 aliphatic rings. The van der Waals surface area contributed by atoms with E-state index in [1.54, 1.807) is 17.4 Å². The molecule has 0 aliphatic carbocycles. The fourth-order valence-electron chi connectivity index (χ4n) is 1.91. The first kappa shape index (κ1) is 13.1. The molecular weight excluding hydrogens is 290 g/mol. The maximum absolute atomic E-state index is 12.3. The summed E-state index contributed by atoms with van der Waals surface area (Å²) in [6, 6.07) is 11.5. The first-order valence-corrected chi connectivity index (χ1v) is 7.81. The van der Waals surface area contributed by atoms with E-state index in [-0.39, 0.29) is 11.1 Å². The normalized spacial score (nSPS) is 17.2. The molecule has 1 saturated heterocycles. The Kier molecular flexibility index (Phi) is 3.71. The van der Waals surface area contributed by atoms with Crippen molar-refractivity contribution in [2.75, 3.05) is 0 Å². The Morgan fingerprint density at radius 2 is 1.90 bits per heavy atom. The molecule has 2 amide bonds. The largest absolute Gasteiger partial charge is 0.293 e. The highest BCUT2D eigenvalue weighted by Crippen LogP contribution is 2.33. The second-order valence-electron chi connectivity index (χ2n) is 4.31. The molecule has 1 fully saturated rings. The Morgan fingerprint density at radius 1 is 1.10 bits per heavy atom. The van der Waals surface area contributed by atoms with Crippen molar-refractivity contribution in [1.29, 1.82) is 0 Å². The highest BCUT2D eigenvalue weighted by molar-refractivity contribution is 8.18. The Labute approximate surface area is 124 Å². The van der Waals surface area contributed by atoms with Gasteiger partial charge in [0.25, 0.3) is 11.1 Å². The Balaban J connectivity index is 1.81. The summed E-state index contributed by atoms with van der Waals surface area (Å²) in [6.07, 6.45) is 1.77. The molecule has 0 unspecified atom stereocenters. The zero-order valence-electron chi connectivity index (χ0n) is 10.5. The van der Waals surface area contributed by atoms with Crippen molar-refractivity contribution in [2.24, 2.45) is 0 Å². The number of carbonyl (C=O) groups is 2. The molecule has 1 aromatic heterocycles. The van der Waals surface area contributed by atoms with Crippen molar-refractivity contribution in [3.05, 3.63) is 63.2 Å². The molecule has 2 aromatic rings. The van der Waals surface area contributed by atoms with Gasteiger partial charge in [-0.3, -0.25) is 14.5 Å². The average Bonchev–Trinajstić information content (AvgIpc) is 3.05. The van der Waals surface area contributed by atoms with E-state index >= 15 is 0 Å². The van der Waals surface area contributed by atoms with E-state index in [1.165, 1.54) is 4.90 Å². The minimum absolute atomic E-state index is 0.208. The minimum atomic E-state index is -0.213. The maximum Gasteiger partial charge on any atom is 0.293 e. The summed E-state index contributed by atoms with van der Waals surface area (Å²) in [5, 5.41) is 3.69. The quantitative estimate of drug-likeness (QED) is 0.805. The van der Waals surface area contributed by atoms with Gasteiger partial charge >= 0.3 is 0 Å². The number of thioether (sulfide) groups is 1. The molecular formula is C15H11NO2S2. The first-order valence-electron chi connectivity index (χ1n) is 6.05. The molecule has 5 heteroatoms. The van der Waals surface area contributed by atoms with Crippen LogP contribution in [0.5, 0.6) is 0 Å². The zero-order chi connectivity index (χ0) is 13.9. The molecule has 100 valence electrons. The van der Waals surface area contributed by atoms with E-state index < -0.39 is 0 Å². The van der Waals surface area contributed by atoms with Crippen LogP contribution in [0.1, 0.15) is 11.1 Å². The minimum Gasteiger partial charge on any atom is -0.268 e. The van der Waals surface area contributed by atoms with E-state index in [9.17, 15) is 9.59 Å². The third kappa shape index (κ3) is 2.69. The highest BCUT2D eigenvalue weighted by Gasteiger charge is 2.34. The SMILES string of the molecule is O=C1S/C(=C\c2ccsc2)C(=O)N1Cc1ccccc1. The zero-order valence-corrected chi connectivity index (χ0v) is 12.1. The predicted octanol–water partition coefficient (Wildman–Crippen LogP) is 3.98. The molecule has 3 nitrogen and oxygen atoms in total. The van der Waals surface area contributed by atoms with Crippen LogP contribution < -0.4 is 0 Å². The fourth-order valence-corrected chi connectivity index (χ4v) is 3.37. The molecule has 0 bridgehead atoms. The summed E-state index contributed by atoms with van der Waals surface area (Å²) >= 11 is 2.57. The summed E-state index contributed by atoms with van der Waals surface area (Å²) in [5.41, 5.74) is 1.91. The van der Waals surface area contributed by atoms with E-state index in [1.807, 2.05) is 47.2 Å². The van der Waals surface area contributed by atoms with Crippen LogP contribution in [-0.2, 0) is 11.3 Å². The molecule has 0 spiro atoms. The molecule has 20 heavy (non-hydrogen) atoms. The van der Waals surface area contributed by atoms with Crippen LogP contribution >= 0.6 is 23.1 Å². The van der Waals surface area contributed by atoms with Gasteiger partial charge in [-0.25, -0.2) is 0 Å². The van der Waals surface area contributed by atoms with Crippen molar-refractivity contribution < 1.29 is 9.59 Å². The van der Waals surface area contributed by atoms with Crippen LogP contribution in [0.3, 0.4) is 0 Å². The lowest BCUT2D eigenvalue weighted by Crippen LogP contribution is -2.27. The van der Waals surface area contributed by atoms with Gasteiger partial charge in [-0.2, -0.15) is 11.3 Å². The number of nitrogens with zero attached hydrogens (tertiary/aromatic N) is 1. The number of thiophene rings is 1. The van der Waals surface area contributed by atoms with Crippen molar-refractivity contribution in [3.8, 4) is 0 Å². The first-order chi connectivity index (χ1) is 9.74. The molecule has 1 aromatic carbocycles. The van der Waals surface area contributed by atoms with Gasteiger partial charge in [-0.15, -0.1) is 0 Å². The second-order valence-corrected chi connectivity index (χ2v) is 6.08. The lowest BCUT2D eigenvalue weighted by atomic mass is 10.2. The van der Waals surface area contributed by atoms with Gasteiger partial charge in [0.05, 0.1) is 11.4 Å². The smallest absolute Gasteiger partial charge is 0.268 e. The Bertz CT molecular complexity index is 662. The molecule has 2 heterocycles. The lowest BCUT2D eigenvalue weighted by Gasteiger charge is -2.11. The number of hydrogen-bond acceptors (Lipinski definition) is 4. The highest BCUT2D eigenvalue weighted by atomic mass is 32.2. The number of carbonyl (C=O) groups excluding carboxylic acids is 2. The number of benzene rings is 1. The predicted molar refractivity (Wildman–Crippen MR) is 82.3 cm³/mol. The van der Waals surface area contributed by atoms with E-state index in [4.69, 9.17) is 0 Å². The van der Waals surface area contributed by atoms with Gasteiger partial charge in [0.2, 0.25) is 0 Å². The molecule has 0 saturated carbocycles. The summed E-state index contributed by atoms with van der Waals surface area (Å²) < 4.78 is 0. The van der Waals surface area contributed by atoms with Gasteiger partial charge in [-0.05, 0) is 45.8 Å². The van der Waals surface area contributed by atoms with Crippen LogP contribution in [0.4, 0.5) is 4.79 Å². The number of hydrogen-bond donors (Lipinski definition) is 0. The van der Waals surface area contributed by atoms with E-state index in [0.29, 0.717) is 11.4 Å². The van der Waals surface area contributed by atoms with Crippen LogP contribution in [-0.4, -0.2) is 16.0 Å². The summed E-state index contributed by atoms with van der Waals surface area (Å²) in [7, 11) is 0. The van der Waals surface area contributed by atoms with Crippen molar-refractivity contribution >= 4 is 40.3 Å². The molecule has 0 radical (unpaired) electrons. The van der Waals surface area contributed by atoms with Crippen molar-refractivity contribution in [1.82, 2.24) is 4.90 Å². The van der Waals surface area contributed by atoms with Gasteiger partial charge in [0.15, 0.2) is 0 Å². The lowest BCUT2D eigenvalue weighted by molar-refractivity contribution is -0.123. The standard InChI is InChI=1S/C15H11NO2S2/c17-14-13(8-12-6-7-19-10-12)20-15(18)16(14)9-11-4-2-1-3-5-11/h1-8,10H,9H2/b13-8-. The topological polar surface area (TPSA) is 37.4 Å². The van der Waals surface area contributed by atoms with E-state index in [0.717, 1.165) is 22.9 Å². The van der Waals surface area contributed by atoms with Crippen LogP contribution in [0.15, 0.2) is 52.1 Å². The van der Waals surface area contributed by atoms with Gasteiger partial charge < -0.3 is 0 Å². The second kappa shape index (κ2) is 5.64. The van der Waals surface area contributed by atoms with Gasteiger partial charge in [0.1, 0.15) is 0 Å². The van der Waals surface area contributed by atoms with Gasteiger partial charge in [0, 0.05) is 0 Å². The van der Waals surface area contributed by atoms with Crippen LogP contribution in [0, 0.1) is 0 Å². The molecule has 0 N–H and O–H groups in total. The number of rotatable bonds is 3. The number of imide groups is 1. The third-order valence-corrected chi connectivity index (χ3v) is 4.51. The Hall–Kier alpha value is -1.85. The van der Waals surface area contributed by atoms with Crippen molar-refractivity contribution in [2.45, 2.75) is 6.54 Å². The molecule has 1 aliphatic heterocycles. The monoisotopic (exact) mass is 301 g/mol. The third-order valence-electron chi connectivity index (χ3n) is 2.90. The molecule has 3 rings (SSSR count). The summed E-state index contributed by atoms with van der Waals surface area (Å²) in [5.74, 6) is -0.213. The van der Waals surface area contributed by atoms with Crippen molar-refractivity contribution in [3.63, 3.8) is 0 Å². The van der Waals surface area contributed by atoms with Gasteiger partial charge in [-0.1, -0.05) is 30.3 Å². The summed E-state index contributed by atoms with van der Waals surface area (Å²) in [4.78, 5) is 26.0. The summed E-state index contributed by atoms with van der Waals surface area (Å²) in [6.45, 7) is 0.326. The maximum atomic E-state index is 12.3. The Morgan fingerprint density at radius 3 is 2.60 bits per heavy atom. The fraction of sp³-hybridized carbons (Fsp3) is 0.0667. The number of amides is 2. The van der Waals surface area contributed by atoms with Crippen LogP contribution in [0.2, 0.25) is 0 Å². The van der Waals surface area contributed by atoms with E-state index in [2.05, 4.69) is 0 Å². The average molecular weight is 301 g/mol. The molecule has 0 atom stereocenters. The van der Waals surface area contributed by atoms with Crippen LogP contribution in [0.25, 0.3) is 6.08 Å².